The standard InChI is InChI=1S/C26H28N2O2/c1-3-4-5-8-21-13-17-23(27-19-21)22-15-11-20(12-16-22)14-18-26(29)28-24-9-6-7-10-25(24)30-2/h6-7,9-19H,3-5,8H2,1-2H3,(H,28,29)/b18-14+. The van der Waals surface area contributed by atoms with Gasteiger partial charge in [-0.05, 0) is 48.2 Å². The fourth-order valence-corrected chi connectivity index (χ4v) is 3.18. The lowest BCUT2D eigenvalue weighted by molar-refractivity contribution is -0.111. The van der Waals surface area contributed by atoms with Crippen LogP contribution in [0.2, 0.25) is 0 Å². The summed E-state index contributed by atoms with van der Waals surface area (Å²) in [6.45, 7) is 2.22. The molecule has 1 amide bonds. The number of carbonyl (C=O) groups excluding carboxylic acids is 1. The molecule has 2 aromatic carbocycles. The van der Waals surface area contributed by atoms with Gasteiger partial charge in [-0.1, -0.05) is 62.2 Å². The van der Waals surface area contributed by atoms with Crippen molar-refractivity contribution in [1.29, 1.82) is 0 Å². The Hall–Kier alpha value is -3.40. The number of amides is 1. The molecule has 4 heteroatoms. The summed E-state index contributed by atoms with van der Waals surface area (Å²) in [5.74, 6) is 0.427. The van der Waals surface area contributed by atoms with E-state index >= 15 is 0 Å². The number of rotatable bonds is 9. The third kappa shape index (κ3) is 6.05. The number of unbranched alkanes of at least 4 members (excludes halogenated alkanes) is 2. The summed E-state index contributed by atoms with van der Waals surface area (Å²) >= 11 is 0. The molecule has 3 aromatic rings. The normalized spacial score (nSPS) is 10.9. The third-order valence-corrected chi connectivity index (χ3v) is 4.89. The van der Waals surface area contributed by atoms with Crippen LogP contribution >= 0.6 is 0 Å². The van der Waals surface area contributed by atoms with E-state index in [1.165, 1.54) is 30.9 Å². The first-order valence-corrected chi connectivity index (χ1v) is 10.4. The van der Waals surface area contributed by atoms with Crippen molar-refractivity contribution in [1.82, 2.24) is 4.98 Å². The number of benzene rings is 2. The van der Waals surface area contributed by atoms with E-state index in [9.17, 15) is 4.79 Å². The van der Waals surface area contributed by atoms with Gasteiger partial charge in [0.05, 0.1) is 18.5 Å². The first-order valence-electron chi connectivity index (χ1n) is 10.4. The maximum Gasteiger partial charge on any atom is 0.248 e. The van der Waals surface area contributed by atoms with Crippen LogP contribution < -0.4 is 10.1 Å². The second-order valence-electron chi connectivity index (χ2n) is 7.15. The highest BCUT2D eigenvalue weighted by molar-refractivity contribution is 6.02. The van der Waals surface area contributed by atoms with E-state index in [-0.39, 0.29) is 5.91 Å². The van der Waals surface area contributed by atoms with Crippen molar-refractivity contribution in [2.45, 2.75) is 32.6 Å². The largest absolute Gasteiger partial charge is 0.495 e. The van der Waals surface area contributed by atoms with Gasteiger partial charge in [-0.3, -0.25) is 9.78 Å². The molecule has 0 aliphatic carbocycles. The van der Waals surface area contributed by atoms with Gasteiger partial charge in [0.25, 0.3) is 0 Å². The minimum Gasteiger partial charge on any atom is -0.495 e. The van der Waals surface area contributed by atoms with Crippen molar-refractivity contribution in [3.05, 3.63) is 84.1 Å². The van der Waals surface area contributed by atoms with E-state index in [4.69, 9.17) is 4.74 Å². The Morgan fingerprint density at radius 2 is 1.83 bits per heavy atom. The van der Waals surface area contributed by atoms with E-state index in [0.717, 1.165) is 23.2 Å². The second kappa shape index (κ2) is 11.0. The molecule has 154 valence electrons. The van der Waals surface area contributed by atoms with Crippen LogP contribution in [0.5, 0.6) is 5.75 Å². The molecule has 1 aromatic heterocycles. The van der Waals surface area contributed by atoms with Crippen LogP contribution in [-0.4, -0.2) is 18.0 Å². The number of hydrogen-bond donors (Lipinski definition) is 1. The molecule has 1 N–H and O–H groups in total. The predicted octanol–water partition coefficient (Wildman–Crippen LogP) is 6.14. The zero-order valence-corrected chi connectivity index (χ0v) is 17.6. The van der Waals surface area contributed by atoms with Crippen molar-refractivity contribution in [2.75, 3.05) is 12.4 Å². The Morgan fingerprint density at radius 3 is 2.53 bits per heavy atom. The molecule has 1 heterocycles. The first kappa shape index (κ1) is 21.3. The lowest BCUT2D eigenvalue weighted by atomic mass is 10.1. The lowest BCUT2D eigenvalue weighted by Crippen LogP contribution is -2.08. The van der Waals surface area contributed by atoms with Gasteiger partial charge in [0.1, 0.15) is 5.75 Å². The first-order chi connectivity index (χ1) is 14.7. The predicted molar refractivity (Wildman–Crippen MR) is 124 cm³/mol. The van der Waals surface area contributed by atoms with Gasteiger partial charge >= 0.3 is 0 Å². The lowest BCUT2D eigenvalue weighted by Gasteiger charge is -2.07. The average molecular weight is 401 g/mol. The number of nitrogens with one attached hydrogen (secondary N) is 1. The van der Waals surface area contributed by atoms with Gasteiger partial charge in [0, 0.05) is 17.8 Å². The molecule has 0 saturated carbocycles. The van der Waals surface area contributed by atoms with Gasteiger partial charge in [-0.2, -0.15) is 0 Å². The Morgan fingerprint density at radius 1 is 1.03 bits per heavy atom. The Kier molecular flexibility index (Phi) is 7.78. The summed E-state index contributed by atoms with van der Waals surface area (Å²) in [6.07, 6.45) is 10.1. The number of para-hydroxylation sites is 2. The molecule has 0 aliphatic rings. The van der Waals surface area contributed by atoms with Crippen LogP contribution in [-0.2, 0) is 11.2 Å². The Bertz CT molecular complexity index is 977. The van der Waals surface area contributed by atoms with Gasteiger partial charge in [0.2, 0.25) is 5.91 Å². The number of ether oxygens (including phenoxy) is 1. The molecule has 0 saturated heterocycles. The molecular formula is C26H28N2O2. The summed E-state index contributed by atoms with van der Waals surface area (Å²) in [6, 6.07) is 19.6. The summed E-state index contributed by atoms with van der Waals surface area (Å²) in [7, 11) is 1.58. The van der Waals surface area contributed by atoms with Gasteiger partial charge < -0.3 is 10.1 Å². The van der Waals surface area contributed by atoms with E-state index in [1.807, 2.05) is 48.7 Å². The summed E-state index contributed by atoms with van der Waals surface area (Å²) < 4.78 is 5.25. The number of hydrogen-bond acceptors (Lipinski definition) is 3. The highest BCUT2D eigenvalue weighted by atomic mass is 16.5. The molecule has 0 unspecified atom stereocenters. The van der Waals surface area contributed by atoms with Crippen LogP contribution in [0.1, 0.15) is 37.3 Å². The monoisotopic (exact) mass is 400 g/mol. The van der Waals surface area contributed by atoms with E-state index in [1.54, 1.807) is 19.3 Å². The minimum atomic E-state index is -0.205. The fraction of sp³-hybridized carbons (Fsp3) is 0.231. The zero-order chi connectivity index (χ0) is 21.2. The summed E-state index contributed by atoms with van der Waals surface area (Å²) in [5, 5.41) is 2.83. The van der Waals surface area contributed by atoms with E-state index in [2.05, 4.69) is 29.4 Å². The number of nitrogens with zero attached hydrogens (tertiary/aromatic N) is 1. The quantitative estimate of drug-likeness (QED) is 0.347. The topological polar surface area (TPSA) is 51.2 Å². The van der Waals surface area contributed by atoms with Gasteiger partial charge in [-0.15, -0.1) is 0 Å². The number of carbonyl (C=O) groups is 1. The SMILES string of the molecule is CCCCCc1ccc(-c2ccc(/C=C/C(=O)Nc3ccccc3OC)cc2)nc1. The smallest absolute Gasteiger partial charge is 0.248 e. The maximum atomic E-state index is 12.2. The van der Waals surface area contributed by atoms with E-state index in [0.29, 0.717) is 11.4 Å². The fourth-order valence-electron chi connectivity index (χ4n) is 3.18. The molecule has 3 rings (SSSR count). The van der Waals surface area contributed by atoms with Crippen molar-refractivity contribution in [3.63, 3.8) is 0 Å². The van der Waals surface area contributed by atoms with Crippen LogP contribution in [0.15, 0.2) is 72.9 Å². The Balaban J connectivity index is 1.59. The Labute approximate surface area is 178 Å². The molecule has 0 atom stereocenters. The molecule has 0 bridgehead atoms. The number of anilines is 1. The van der Waals surface area contributed by atoms with Gasteiger partial charge in [0.15, 0.2) is 0 Å². The number of pyridine rings is 1. The average Bonchev–Trinajstić information content (AvgIpc) is 2.79. The number of methoxy groups -OCH3 is 1. The van der Waals surface area contributed by atoms with Gasteiger partial charge in [-0.25, -0.2) is 0 Å². The molecule has 30 heavy (non-hydrogen) atoms. The second-order valence-corrected chi connectivity index (χ2v) is 7.15. The zero-order valence-electron chi connectivity index (χ0n) is 17.6. The van der Waals surface area contributed by atoms with Crippen molar-refractivity contribution in [3.8, 4) is 17.0 Å². The summed E-state index contributed by atoms with van der Waals surface area (Å²) in [5.41, 5.74) is 4.90. The molecule has 0 aliphatic heterocycles. The molecule has 0 spiro atoms. The molecule has 4 nitrogen and oxygen atoms in total. The molecule has 0 fully saturated rings. The highest BCUT2D eigenvalue weighted by Crippen LogP contribution is 2.23. The van der Waals surface area contributed by atoms with Crippen molar-refractivity contribution < 1.29 is 9.53 Å². The van der Waals surface area contributed by atoms with Crippen LogP contribution in [0, 0.1) is 0 Å². The van der Waals surface area contributed by atoms with Crippen molar-refractivity contribution in [2.24, 2.45) is 0 Å². The van der Waals surface area contributed by atoms with Crippen LogP contribution in [0.25, 0.3) is 17.3 Å². The number of aromatic nitrogens is 1. The molecular weight excluding hydrogens is 372 g/mol. The summed E-state index contributed by atoms with van der Waals surface area (Å²) in [4.78, 5) is 16.8. The molecule has 0 radical (unpaired) electrons. The minimum absolute atomic E-state index is 0.205. The number of aryl methyl sites for hydroxylation is 1. The van der Waals surface area contributed by atoms with E-state index < -0.39 is 0 Å². The highest BCUT2D eigenvalue weighted by Gasteiger charge is 2.04. The van der Waals surface area contributed by atoms with Crippen LogP contribution in [0.3, 0.4) is 0 Å². The third-order valence-electron chi connectivity index (χ3n) is 4.89. The van der Waals surface area contributed by atoms with Crippen molar-refractivity contribution >= 4 is 17.7 Å². The maximum absolute atomic E-state index is 12.2. The van der Waals surface area contributed by atoms with Crippen LogP contribution in [0.4, 0.5) is 5.69 Å².